The van der Waals surface area contributed by atoms with E-state index in [9.17, 15) is 23.1 Å². The standard InChI is InChI=1S/C45H51F3N4O5Si/c1-29(55-7)40-33(19-14-22-50-40)41-35(25-44(5,6)28-57-58(43(2,3)4,31-15-10-8-11-16-31)32-17-12-9-13-18-32)34-23-30(20-21-38(34)52(41)27-45(46,47)48)37-26-56-39(51-37)24-36(49)42(53)54/h8-23,26,29,36H,24-25,27-28,49H2,1-7H3,(H,53,54). The van der Waals surface area contributed by atoms with Gasteiger partial charge in [-0.1, -0.05) is 101 Å². The summed E-state index contributed by atoms with van der Waals surface area (Å²) in [7, 11) is -1.43. The van der Waals surface area contributed by atoms with Gasteiger partial charge in [0.15, 0.2) is 5.89 Å². The molecule has 13 heteroatoms. The van der Waals surface area contributed by atoms with Crippen molar-refractivity contribution in [1.29, 1.82) is 0 Å². The molecule has 3 aromatic heterocycles. The maximum Gasteiger partial charge on any atom is 0.406 e. The Kier molecular flexibility index (Phi) is 12.2. The van der Waals surface area contributed by atoms with E-state index >= 15 is 0 Å². The predicted octanol–water partition coefficient (Wildman–Crippen LogP) is 8.73. The molecule has 3 heterocycles. The molecule has 6 aromatic rings. The van der Waals surface area contributed by atoms with Crippen molar-refractivity contribution in [3.8, 4) is 22.5 Å². The van der Waals surface area contributed by atoms with Crippen LogP contribution in [0.25, 0.3) is 33.4 Å². The Morgan fingerprint density at radius 2 is 1.59 bits per heavy atom. The molecular weight excluding hydrogens is 762 g/mol. The highest BCUT2D eigenvalue weighted by atomic mass is 28.4. The van der Waals surface area contributed by atoms with Crippen LogP contribution in [-0.4, -0.2) is 59.9 Å². The lowest BCUT2D eigenvalue weighted by Crippen LogP contribution is -2.67. The number of benzene rings is 3. The van der Waals surface area contributed by atoms with Crippen LogP contribution in [0.4, 0.5) is 13.2 Å². The summed E-state index contributed by atoms with van der Waals surface area (Å²) < 4.78 is 64.1. The third-order valence-corrected chi connectivity index (χ3v) is 15.6. The van der Waals surface area contributed by atoms with Crippen LogP contribution in [0, 0.1) is 5.41 Å². The summed E-state index contributed by atoms with van der Waals surface area (Å²) in [6.45, 7) is 11.7. The Morgan fingerprint density at radius 3 is 2.16 bits per heavy atom. The number of aliphatic carboxylic acids is 1. The van der Waals surface area contributed by atoms with Gasteiger partial charge in [-0.15, -0.1) is 0 Å². The molecule has 0 saturated heterocycles. The Balaban J connectivity index is 1.54. The quantitative estimate of drug-likeness (QED) is 0.0987. The molecule has 3 N–H and O–H groups in total. The fourth-order valence-electron chi connectivity index (χ4n) is 7.87. The van der Waals surface area contributed by atoms with Gasteiger partial charge in [0.2, 0.25) is 0 Å². The topological polar surface area (TPSA) is 126 Å². The lowest BCUT2D eigenvalue weighted by molar-refractivity contribution is -0.140. The number of hydrogen-bond donors (Lipinski definition) is 2. The maximum absolute atomic E-state index is 14.7. The molecule has 2 unspecified atom stereocenters. The van der Waals surface area contributed by atoms with Crippen LogP contribution in [0.5, 0.6) is 0 Å². The highest BCUT2D eigenvalue weighted by Gasteiger charge is 2.51. The molecule has 2 atom stereocenters. The third kappa shape index (κ3) is 8.82. The molecule has 3 aromatic carbocycles. The van der Waals surface area contributed by atoms with Gasteiger partial charge in [-0.05, 0) is 64.0 Å². The summed E-state index contributed by atoms with van der Waals surface area (Å²) in [5.74, 6) is -1.06. The predicted molar refractivity (Wildman–Crippen MR) is 223 cm³/mol. The number of ether oxygens (including phenoxy) is 1. The third-order valence-electron chi connectivity index (χ3n) is 10.6. The molecule has 306 valence electrons. The van der Waals surface area contributed by atoms with E-state index in [0.29, 0.717) is 57.7 Å². The van der Waals surface area contributed by atoms with Crippen molar-refractivity contribution in [3.05, 3.63) is 121 Å². The second-order valence-electron chi connectivity index (χ2n) is 16.6. The minimum absolute atomic E-state index is 0.129. The second-order valence-corrected chi connectivity index (χ2v) is 20.9. The SMILES string of the molecule is COC(C)c1ncccc1-c1c(CC(C)(C)CO[Si](c2ccccc2)(c2ccccc2)C(C)(C)C)c2cc(-c3coc(CC(N)C(=O)O)n3)ccc2n1CC(F)(F)F. The first-order valence-corrected chi connectivity index (χ1v) is 21.1. The van der Waals surface area contributed by atoms with Crippen molar-refractivity contribution in [2.24, 2.45) is 11.1 Å². The summed E-state index contributed by atoms with van der Waals surface area (Å²) >= 11 is 0. The number of alkyl halides is 3. The number of pyridine rings is 1. The molecule has 0 aliphatic carbocycles. The molecular formula is C45H51F3N4O5Si. The summed E-state index contributed by atoms with van der Waals surface area (Å²) in [5, 5.41) is 11.9. The van der Waals surface area contributed by atoms with Crippen molar-refractivity contribution < 1.29 is 36.7 Å². The van der Waals surface area contributed by atoms with Gasteiger partial charge in [0.25, 0.3) is 8.32 Å². The van der Waals surface area contributed by atoms with Gasteiger partial charge in [0, 0.05) is 41.9 Å². The molecule has 0 bridgehead atoms. The van der Waals surface area contributed by atoms with Crippen LogP contribution < -0.4 is 16.1 Å². The minimum atomic E-state index is -4.56. The number of nitrogens with two attached hydrogens (primary N) is 1. The number of hydrogen-bond acceptors (Lipinski definition) is 7. The van der Waals surface area contributed by atoms with Crippen LogP contribution in [0.1, 0.15) is 64.8 Å². The maximum atomic E-state index is 14.7. The molecule has 0 amide bonds. The smallest absolute Gasteiger partial charge is 0.406 e. The number of carboxylic acids is 1. The number of rotatable bonds is 15. The molecule has 0 aliphatic rings. The van der Waals surface area contributed by atoms with E-state index in [-0.39, 0.29) is 17.3 Å². The molecule has 0 spiro atoms. The van der Waals surface area contributed by atoms with Gasteiger partial charge < -0.3 is 29.0 Å². The van der Waals surface area contributed by atoms with Crippen LogP contribution in [0.3, 0.4) is 0 Å². The van der Waals surface area contributed by atoms with Crippen LogP contribution >= 0.6 is 0 Å². The second kappa shape index (κ2) is 16.6. The molecule has 58 heavy (non-hydrogen) atoms. The van der Waals surface area contributed by atoms with Gasteiger partial charge in [0.05, 0.1) is 23.9 Å². The largest absolute Gasteiger partial charge is 0.480 e. The molecule has 6 rings (SSSR count). The summed E-state index contributed by atoms with van der Waals surface area (Å²) in [6.07, 6.45) is -1.86. The Hall–Kier alpha value is -5.08. The normalized spacial score (nSPS) is 13.8. The van der Waals surface area contributed by atoms with Crippen molar-refractivity contribution in [3.63, 3.8) is 0 Å². The van der Waals surface area contributed by atoms with Gasteiger partial charge in [-0.2, -0.15) is 13.2 Å². The van der Waals surface area contributed by atoms with Crippen molar-refractivity contribution in [2.45, 2.75) is 84.3 Å². The highest BCUT2D eigenvalue weighted by molar-refractivity contribution is 6.99. The first kappa shape index (κ1) is 42.5. The Bertz CT molecular complexity index is 2310. The van der Waals surface area contributed by atoms with E-state index in [1.807, 2.05) is 49.4 Å². The average Bonchev–Trinajstić information content (AvgIpc) is 3.76. The van der Waals surface area contributed by atoms with Crippen molar-refractivity contribution >= 4 is 35.6 Å². The fraction of sp³-hybridized carbons (Fsp3) is 0.356. The first-order chi connectivity index (χ1) is 27.3. The van der Waals surface area contributed by atoms with Crippen LogP contribution in [0.2, 0.25) is 5.04 Å². The van der Waals surface area contributed by atoms with Gasteiger partial charge in [-0.25, -0.2) is 4.98 Å². The Labute approximate surface area is 338 Å². The summed E-state index contributed by atoms with van der Waals surface area (Å²) in [5.41, 5.74) is 8.61. The molecule has 0 fully saturated rings. The Morgan fingerprint density at radius 1 is 0.948 bits per heavy atom. The summed E-state index contributed by atoms with van der Waals surface area (Å²) in [4.78, 5) is 20.5. The zero-order valence-corrected chi connectivity index (χ0v) is 34.9. The van der Waals surface area contributed by atoms with Gasteiger partial charge >= 0.3 is 12.1 Å². The molecule has 0 saturated carbocycles. The number of fused-ring (bicyclic) bond motifs is 1. The number of halogens is 3. The van der Waals surface area contributed by atoms with E-state index in [1.165, 1.54) is 10.8 Å². The van der Waals surface area contributed by atoms with Crippen LogP contribution in [-0.2, 0) is 33.3 Å². The van der Waals surface area contributed by atoms with E-state index in [0.717, 1.165) is 10.4 Å². The zero-order valence-electron chi connectivity index (χ0n) is 33.9. The van der Waals surface area contributed by atoms with E-state index < -0.39 is 44.6 Å². The first-order valence-electron chi connectivity index (χ1n) is 19.2. The van der Waals surface area contributed by atoms with E-state index in [4.69, 9.17) is 19.3 Å². The average molecular weight is 813 g/mol. The number of oxazole rings is 1. The zero-order chi connectivity index (χ0) is 42.0. The van der Waals surface area contributed by atoms with Crippen LogP contribution in [0.15, 0.2) is 108 Å². The molecule has 9 nitrogen and oxygen atoms in total. The number of carbonyl (C=O) groups is 1. The highest BCUT2D eigenvalue weighted by Crippen LogP contribution is 2.44. The number of methoxy groups -OCH3 is 1. The van der Waals surface area contributed by atoms with E-state index in [1.54, 1.807) is 37.6 Å². The van der Waals surface area contributed by atoms with E-state index in [2.05, 4.69) is 68.9 Å². The van der Waals surface area contributed by atoms with Gasteiger partial charge in [-0.3, -0.25) is 9.78 Å². The number of carboxylic acid groups (broad SMARTS) is 1. The molecule has 0 radical (unpaired) electrons. The summed E-state index contributed by atoms with van der Waals surface area (Å²) in [6, 6.07) is 28.1. The lowest BCUT2D eigenvalue weighted by atomic mass is 9.84. The fourth-order valence-corrected chi connectivity index (χ4v) is 12.6. The lowest BCUT2D eigenvalue weighted by Gasteiger charge is -2.44. The van der Waals surface area contributed by atoms with Crippen molar-refractivity contribution in [2.75, 3.05) is 13.7 Å². The van der Waals surface area contributed by atoms with Crippen molar-refractivity contribution in [1.82, 2.24) is 14.5 Å². The van der Waals surface area contributed by atoms with Gasteiger partial charge in [0.1, 0.15) is 24.5 Å². The molecule has 0 aliphatic heterocycles. The monoisotopic (exact) mass is 812 g/mol. The number of nitrogens with zero attached hydrogens (tertiary/aromatic N) is 3. The minimum Gasteiger partial charge on any atom is -0.480 e. The number of aromatic nitrogens is 3.